The molecule has 68 heavy (non-hydrogen) atoms. The lowest BCUT2D eigenvalue weighted by molar-refractivity contribution is -0.305. The lowest BCUT2D eigenvalue weighted by Crippen LogP contribution is -2.61. The number of allylic oxidation sites excluding steroid dienone is 5. The molecule has 0 spiro atoms. The van der Waals surface area contributed by atoms with Gasteiger partial charge in [-0.25, -0.2) is 0 Å². The monoisotopic (exact) mass is 964 g/mol. The van der Waals surface area contributed by atoms with Crippen LogP contribution >= 0.6 is 0 Å². The van der Waals surface area contributed by atoms with Gasteiger partial charge in [-0.1, -0.05) is 224 Å². The molecule has 398 valence electrons. The van der Waals surface area contributed by atoms with Crippen LogP contribution in [0.4, 0.5) is 0 Å². The fourth-order valence-electron chi connectivity index (χ4n) is 8.74. The summed E-state index contributed by atoms with van der Waals surface area (Å²) in [4.78, 5) is 26.4. The first-order valence-corrected chi connectivity index (χ1v) is 28.3. The number of hydrogen-bond donors (Lipinski definition) is 6. The van der Waals surface area contributed by atoms with Crippen LogP contribution in [0.2, 0.25) is 0 Å². The van der Waals surface area contributed by atoms with Crippen LogP contribution in [-0.4, -0.2) is 99.6 Å². The number of ether oxygens (including phenoxy) is 3. The van der Waals surface area contributed by atoms with Gasteiger partial charge in [0.15, 0.2) is 12.4 Å². The number of amides is 1. The molecule has 8 atom stereocenters. The zero-order valence-electron chi connectivity index (χ0n) is 43.7. The maximum absolute atomic E-state index is 13.3. The van der Waals surface area contributed by atoms with Crippen molar-refractivity contribution in [3.8, 4) is 0 Å². The van der Waals surface area contributed by atoms with Gasteiger partial charge in [0.05, 0.1) is 25.4 Å². The molecule has 1 amide bonds. The van der Waals surface area contributed by atoms with Gasteiger partial charge in [-0.05, 0) is 57.8 Å². The molecule has 0 bridgehead atoms. The molecule has 1 rings (SSSR count). The van der Waals surface area contributed by atoms with Crippen molar-refractivity contribution < 1.29 is 49.3 Å². The van der Waals surface area contributed by atoms with Gasteiger partial charge in [0.25, 0.3) is 0 Å². The summed E-state index contributed by atoms with van der Waals surface area (Å²) in [6.45, 7) is 5.73. The number of aliphatic hydroxyl groups is 5. The first kappa shape index (κ1) is 63.9. The fraction of sp³-hybridized carbons (Fsp3) is 0.860. The highest BCUT2D eigenvalue weighted by atomic mass is 16.7. The largest absolute Gasteiger partial charge is 0.454 e. The van der Waals surface area contributed by atoms with Crippen molar-refractivity contribution in [3.05, 3.63) is 36.5 Å². The third-order valence-corrected chi connectivity index (χ3v) is 13.3. The summed E-state index contributed by atoms with van der Waals surface area (Å²) in [5, 5.41) is 56.7. The normalized spacial score (nSPS) is 20.1. The molecule has 1 aliphatic heterocycles. The van der Waals surface area contributed by atoms with E-state index in [1.54, 1.807) is 6.08 Å². The Morgan fingerprint density at radius 2 is 1.01 bits per heavy atom. The van der Waals surface area contributed by atoms with E-state index in [-0.39, 0.29) is 13.0 Å². The quantitative estimate of drug-likeness (QED) is 0.0196. The molecular formula is C57H105NO10. The van der Waals surface area contributed by atoms with Gasteiger partial charge < -0.3 is 45.1 Å². The highest BCUT2D eigenvalue weighted by molar-refractivity contribution is 5.80. The number of rotatable bonds is 47. The van der Waals surface area contributed by atoms with Gasteiger partial charge >= 0.3 is 5.97 Å². The molecule has 6 N–H and O–H groups in total. The smallest absolute Gasteiger partial charge is 0.306 e. The predicted octanol–water partition coefficient (Wildman–Crippen LogP) is 12.3. The average Bonchev–Trinajstić information content (AvgIpc) is 3.33. The van der Waals surface area contributed by atoms with Crippen LogP contribution < -0.4 is 5.32 Å². The number of hydrogen-bond acceptors (Lipinski definition) is 10. The molecular weight excluding hydrogens is 859 g/mol. The maximum atomic E-state index is 13.3. The Labute approximate surface area is 415 Å². The van der Waals surface area contributed by atoms with E-state index in [0.717, 1.165) is 77.0 Å². The summed E-state index contributed by atoms with van der Waals surface area (Å²) in [6, 6.07) is -1.02. The van der Waals surface area contributed by atoms with Crippen molar-refractivity contribution in [1.82, 2.24) is 5.32 Å². The second-order valence-electron chi connectivity index (χ2n) is 19.7. The van der Waals surface area contributed by atoms with Gasteiger partial charge in [0.2, 0.25) is 5.91 Å². The summed E-state index contributed by atoms with van der Waals surface area (Å²) in [5.74, 6) is -1.20. The lowest BCUT2D eigenvalue weighted by atomic mass is 9.99. The number of esters is 1. The SMILES string of the molecule is CCCCC/C=C\C/C=C\CCCCCCCCCC(=O)OC1C(OCC(NC(=O)C(O)CCCCCCCCCCCC)C(O)/C=C/CCCCCCCCCCCC)OC(CO)C(O)C1O. The van der Waals surface area contributed by atoms with E-state index in [9.17, 15) is 35.1 Å². The molecule has 1 saturated heterocycles. The highest BCUT2D eigenvalue weighted by Gasteiger charge is 2.47. The Bertz CT molecular complexity index is 1240. The van der Waals surface area contributed by atoms with Gasteiger partial charge in [0.1, 0.15) is 24.4 Å². The van der Waals surface area contributed by atoms with Crippen molar-refractivity contribution >= 4 is 11.9 Å². The Morgan fingerprint density at radius 1 is 0.574 bits per heavy atom. The van der Waals surface area contributed by atoms with Crippen molar-refractivity contribution in [3.63, 3.8) is 0 Å². The van der Waals surface area contributed by atoms with Crippen LogP contribution in [0.15, 0.2) is 36.5 Å². The van der Waals surface area contributed by atoms with E-state index in [0.29, 0.717) is 19.3 Å². The average molecular weight is 964 g/mol. The molecule has 0 aliphatic carbocycles. The minimum Gasteiger partial charge on any atom is -0.454 e. The van der Waals surface area contributed by atoms with E-state index in [1.165, 1.54) is 128 Å². The predicted molar refractivity (Wildman–Crippen MR) is 278 cm³/mol. The Kier molecular flexibility index (Phi) is 43.2. The molecule has 8 unspecified atom stereocenters. The van der Waals surface area contributed by atoms with Crippen LogP contribution in [-0.2, 0) is 23.8 Å². The van der Waals surface area contributed by atoms with Crippen molar-refractivity contribution in [1.29, 1.82) is 0 Å². The second kappa shape index (κ2) is 46.0. The van der Waals surface area contributed by atoms with E-state index in [1.807, 2.05) is 6.08 Å². The van der Waals surface area contributed by atoms with Crippen molar-refractivity contribution in [2.24, 2.45) is 0 Å². The van der Waals surface area contributed by atoms with Crippen LogP contribution in [0.25, 0.3) is 0 Å². The Hall–Kier alpha value is -2.12. The molecule has 0 aromatic carbocycles. The summed E-state index contributed by atoms with van der Waals surface area (Å²) in [5.41, 5.74) is 0. The van der Waals surface area contributed by atoms with Crippen LogP contribution in [0, 0.1) is 0 Å². The van der Waals surface area contributed by atoms with Gasteiger partial charge in [-0.2, -0.15) is 0 Å². The van der Waals surface area contributed by atoms with Crippen molar-refractivity contribution in [2.75, 3.05) is 13.2 Å². The molecule has 1 aliphatic rings. The Balaban J connectivity index is 2.72. The van der Waals surface area contributed by atoms with Gasteiger partial charge in [0, 0.05) is 6.42 Å². The molecule has 11 heteroatoms. The number of carbonyl (C=O) groups is 2. The molecule has 1 heterocycles. The molecule has 1 fully saturated rings. The minimum absolute atomic E-state index is 0.117. The van der Waals surface area contributed by atoms with Gasteiger partial charge in [-0.15, -0.1) is 0 Å². The minimum atomic E-state index is -1.61. The molecule has 0 aromatic heterocycles. The number of carbonyl (C=O) groups excluding carboxylic acids is 2. The summed E-state index contributed by atoms with van der Waals surface area (Å²) >= 11 is 0. The van der Waals surface area contributed by atoms with Crippen LogP contribution in [0.3, 0.4) is 0 Å². The third kappa shape index (κ3) is 34.2. The van der Waals surface area contributed by atoms with Crippen molar-refractivity contribution in [2.45, 2.75) is 301 Å². The number of aliphatic hydroxyl groups excluding tert-OH is 5. The van der Waals surface area contributed by atoms with E-state index in [4.69, 9.17) is 14.2 Å². The zero-order valence-corrected chi connectivity index (χ0v) is 43.7. The summed E-state index contributed by atoms with van der Waals surface area (Å²) in [6.07, 6.45) is 41.9. The lowest BCUT2D eigenvalue weighted by Gasteiger charge is -2.41. The summed E-state index contributed by atoms with van der Waals surface area (Å²) < 4.78 is 17.5. The number of unbranched alkanes of at least 4 members (excludes halogenated alkanes) is 29. The van der Waals surface area contributed by atoms with Crippen LogP contribution in [0.1, 0.15) is 252 Å². The summed E-state index contributed by atoms with van der Waals surface area (Å²) in [7, 11) is 0. The highest BCUT2D eigenvalue weighted by Crippen LogP contribution is 2.26. The van der Waals surface area contributed by atoms with E-state index < -0.39 is 67.4 Å². The topological polar surface area (TPSA) is 175 Å². The van der Waals surface area contributed by atoms with Gasteiger partial charge in [-0.3, -0.25) is 9.59 Å². The third-order valence-electron chi connectivity index (χ3n) is 13.3. The number of nitrogens with one attached hydrogen (secondary N) is 1. The molecule has 0 aromatic rings. The maximum Gasteiger partial charge on any atom is 0.306 e. The molecule has 11 nitrogen and oxygen atoms in total. The Morgan fingerprint density at radius 3 is 1.53 bits per heavy atom. The first-order valence-electron chi connectivity index (χ1n) is 28.3. The van der Waals surface area contributed by atoms with E-state index >= 15 is 0 Å². The van der Waals surface area contributed by atoms with Crippen LogP contribution in [0.5, 0.6) is 0 Å². The van der Waals surface area contributed by atoms with E-state index in [2.05, 4.69) is 50.4 Å². The molecule has 0 radical (unpaired) electrons. The molecule has 0 saturated carbocycles. The first-order chi connectivity index (χ1) is 33.2. The zero-order chi connectivity index (χ0) is 49.7. The fourth-order valence-corrected chi connectivity index (χ4v) is 8.74. The second-order valence-corrected chi connectivity index (χ2v) is 19.7. The standard InChI is InChI=1S/C57H105NO10/c1-4-7-10-13-16-19-22-24-25-26-27-28-30-33-36-39-42-45-52(62)68-55-54(64)53(63)51(46-59)67-57(55)66-47-48(49(60)43-40-37-34-32-29-23-20-17-14-11-8-5-2)58-56(65)50(61)44-41-38-35-31-21-18-15-12-9-6-3/h16,19,24-25,40,43,48-51,53-55,57,59-61,63-64H,4-15,17-18,20-23,26-39,41-42,44-47H2,1-3H3,(H,58,65)/b19-16-,25-24-,43-40+.